The minimum Gasteiger partial charge on any atom is -0.504 e. The fraction of sp³-hybridized carbons (Fsp3) is 0. The van der Waals surface area contributed by atoms with Gasteiger partial charge in [-0.15, -0.1) is 0 Å². The van der Waals surface area contributed by atoms with Crippen LogP contribution in [0.4, 0.5) is 0 Å². The van der Waals surface area contributed by atoms with Gasteiger partial charge in [-0.25, -0.2) is 8.42 Å². The summed E-state index contributed by atoms with van der Waals surface area (Å²) < 4.78 is 24.3. The van der Waals surface area contributed by atoms with E-state index in [9.17, 15) is 18.6 Å². The van der Waals surface area contributed by atoms with Crippen molar-refractivity contribution in [2.24, 2.45) is 0 Å². The van der Waals surface area contributed by atoms with Crippen LogP contribution in [0.15, 0.2) is 58.3 Å². The lowest BCUT2D eigenvalue weighted by Crippen LogP contribution is -2.01. The highest BCUT2D eigenvalue weighted by Crippen LogP contribution is 2.34. The molecule has 0 fully saturated rings. The molecule has 0 aliphatic heterocycles. The van der Waals surface area contributed by atoms with Crippen molar-refractivity contribution in [3.8, 4) is 11.5 Å². The number of rotatable bonds is 2. The predicted octanol–water partition coefficient (Wildman–Crippen LogP) is 1.93. The van der Waals surface area contributed by atoms with Crippen LogP contribution in [0, 0.1) is 0 Å². The molecule has 0 bridgehead atoms. The van der Waals surface area contributed by atoms with Crippen LogP contribution in [0.3, 0.4) is 0 Å². The molecule has 88 valence electrons. The third-order valence-corrected chi connectivity index (χ3v) is 4.12. The highest BCUT2D eigenvalue weighted by atomic mass is 32.2. The summed E-state index contributed by atoms with van der Waals surface area (Å²) in [5, 5.41) is 18.9. The summed E-state index contributed by atoms with van der Waals surface area (Å²) in [6.45, 7) is 0. The van der Waals surface area contributed by atoms with Gasteiger partial charge >= 0.3 is 0 Å². The summed E-state index contributed by atoms with van der Waals surface area (Å²) in [6, 6.07) is 11.6. The molecule has 0 radical (unpaired) electrons. The number of hydrogen-bond acceptors (Lipinski definition) is 4. The van der Waals surface area contributed by atoms with E-state index >= 15 is 0 Å². The minimum absolute atomic E-state index is 0.0703. The quantitative estimate of drug-likeness (QED) is 0.799. The van der Waals surface area contributed by atoms with Crippen molar-refractivity contribution in [3.05, 3.63) is 48.5 Å². The van der Waals surface area contributed by atoms with Crippen molar-refractivity contribution >= 4 is 9.84 Å². The number of aromatic hydroxyl groups is 2. The monoisotopic (exact) mass is 250 g/mol. The Hall–Kier alpha value is -2.01. The number of phenolic OH excluding ortho intramolecular Hbond substituents is 2. The molecular formula is C12H10O4S. The Labute approximate surface area is 98.7 Å². The zero-order valence-electron chi connectivity index (χ0n) is 8.74. The molecule has 0 amide bonds. The van der Waals surface area contributed by atoms with E-state index in [0.29, 0.717) is 0 Å². The third-order valence-electron chi connectivity index (χ3n) is 2.32. The molecule has 2 rings (SSSR count). The van der Waals surface area contributed by atoms with E-state index in [0.717, 1.165) is 0 Å². The van der Waals surface area contributed by atoms with Crippen molar-refractivity contribution in [1.29, 1.82) is 0 Å². The number of benzene rings is 2. The van der Waals surface area contributed by atoms with Crippen LogP contribution in [0.25, 0.3) is 0 Å². The molecule has 0 aliphatic carbocycles. The van der Waals surface area contributed by atoms with E-state index in [4.69, 9.17) is 0 Å². The van der Waals surface area contributed by atoms with E-state index in [1.54, 1.807) is 18.2 Å². The first-order valence-corrected chi connectivity index (χ1v) is 6.33. The maximum Gasteiger partial charge on any atom is 0.210 e. The van der Waals surface area contributed by atoms with E-state index in [1.807, 2.05) is 0 Å². The van der Waals surface area contributed by atoms with E-state index in [2.05, 4.69) is 0 Å². The molecule has 2 aromatic rings. The lowest BCUT2D eigenvalue weighted by Gasteiger charge is -2.07. The molecule has 0 saturated heterocycles. The Morgan fingerprint density at radius 2 is 1.47 bits per heavy atom. The van der Waals surface area contributed by atoms with Crippen molar-refractivity contribution in [1.82, 2.24) is 0 Å². The smallest absolute Gasteiger partial charge is 0.210 e. The lowest BCUT2D eigenvalue weighted by atomic mass is 10.3. The van der Waals surface area contributed by atoms with Gasteiger partial charge < -0.3 is 10.2 Å². The average molecular weight is 250 g/mol. The second-order valence-electron chi connectivity index (χ2n) is 3.44. The Morgan fingerprint density at radius 3 is 2.12 bits per heavy atom. The molecule has 0 atom stereocenters. The molecule has 17 heavy (non-hydrogen) atoms. The molecule has 0 spiro atoms. The van der Waals surface area contributed by atoms with Crippen LogP contribution < -0.4 is 0 Å². The summed E-state index contributed by atoms with van der Waals surface area (Å²) in [5.74, 6) is -1.08. The fourth-order valence-electron chi connectivity index (χ4n) is 1.45. The highest BCUT2D eigenvalue weighted by Gasteiger charge is 2.22. The molecule has 0 aliphatic rings. The van der Waals surface area contributed by atoms with Gasteiger partial charge in [0, 0.05) is 0 Å². The first-order valence-electron chi connectivity index (χ1n) is 4.84. The van der Waals surface area contributed by atoms with Crippen LogP contribution in [0.1, 0.15) is 0 Å². The standard InChI is InChI=1S/C12H10O4S/c13-10-7-4-8-11(12(10)14)17(15,16)9-5-2-1-3-6-9/h1-8,13-14H. The first kappa shape index (κ1) is 11.5. The fourth-order valence-corrected chi connectivity index (χ4v) is 2.84. The summed E-state index contributed by atoms with van der Waals surface area (Å²) in [4.78, 5) is -0.232. The topological polar surface area (TPSA) is 74.6 Å². The van der Waals surface area contributed by atoms with Gasteiger partial charge in [0.05, 0.1) is 4.90 Å². The second kappa shape index (κ2) is 4.10. The second-order valence-corrected chi connectivity index (χ2v) is 5.36. The predicted molar refractivity (Wildman–Crippen MR) is 61.7 cm³/mol. The van der Waals surface area contributed by atoms with Gasteiger partial charge in [0.15, 0.2) is 11.5 Å². The summed E-state index contributed by atoms with van der Waals surface area (Å²) in [5.41, 5.74) is 0. The van der Waals surface area contributed by atoms with Crippen molar-refractivity contribution in [2.75, 3.05) is 0 Å². The molecule has 5 heteroatoms. The molecule has 2 aromatic carbocycles. The molecule has 0 aromatic heterocycles. The van der Waals surface area contributed by atoms with Gasteiger partial charge in [-0.1, -0.05) is 24.3 Å². The van der Waals surface area contributed by atoms with Crippen LogP contribution in [0.5, 0.6) is 11.5 Å². The lowest BCUT2D eigenvalue weighted by molar-refractivity contribution is 0.393. The van der Waals surface area contributed by atoms with Gasteiger partial charge in [-0.3, -0.25) is 0 Å². The van der Waals surface area contributed by atoms with E-state index in [1.165, 1.54) is 30.3 Å². The maximum atomic E-state index is 12.1. The zero-order chi connectivity index (χ0) is 12.5. The van der Waals surface area contributed by atoms with Crippen molar-refractivity contribution in [2.45, 2.75) is 9.79 Å². The average Bonchev–Trinajstić information content (AvgIpc) is 2.33. The normalized spacial score (nSPS) is 11.3. The van der Waals surface area contributed by atoms with Crippen molar-refractivity contribution < 1.29 is 18.6 Å². The first-order chi connectivity index (χ1) is 8.03. The SMILES string of the molecule is O=S(=O)(c1ccccc1)c1cccc(O)c1O. The molecule has 2 N–H and O–H groups in total. The number of sulfone groups is 1. The summed E-state index contributed by atoms with van der Waals surface area (Å²) in [6.07, 6.45) is 0. The number of para-hydroxylation sites is 1. The Bertz CT molecular complexity index is 633. The number of hydrogen-bond donors (Lipinski definition) is 2. The number of phenols is 2. The molecular weight excluding hydrogens is 240 g/mol. The van der Waals surface area contributed by atoms with Gasteiger partial charge in [0.25, 0.3) is 0 Å². The molecule has 0 unspecified atom stereocenters. The Morgan fingerprint density at radius 1 is 0.824 bits per heavy atom. The van der Waals surface area contributed by atoms with Crippen LogP contribution in [-0.2, 0) is 9.84 Å². The van der Waals surface area contributed by atoms with Crippen LogP contribution in [0.2, 0.25) is 0 Å². The molecule has 0 heterocycles. The molecule has 0 saturated carbocycles. The van der Waals surface area contributed by atoms with Crippen LogP contribution >= 0.6 is 0 Å². The van der Waals surface area contributed by atoms with Gasteiger partial charge in [-0.2, -0.15) is 0 Å². The Kier molecular flexibility index (Phi) is 2.77. The van der Waals surface area contributed by atoms with Crippen LogP contribution in [-0.4, -0.2) is 18.6 Å². The molecule has 4 nitrogen and oxygen atoms in total. The minimum atomic E-state index is -3.80. The van der Waals surface area contributed by atoms with Gasteiger partial charge in [0.1, 0.15) is 4.90 Å². The largest absolute Gasteiger partial charge is 0.504 e. The zero-order valence-corrected chi connectivity index (χ0v) is 9.55. The summed E-state index contributed by atoms with van der Waals surface area (Å²) in [7, 11) is -3.80. The third kappa shape index (κ3) is 1.97. The Balaban J connectivity index is 2.65. The summed E-state index contributed by atoms with van der Waals surface area (Å²) >= 11 is 0. The van der Waals surface area contributed by atoms with Crippen molar-refractivity contribution in [3.63, 3.8) is 0 Å². The van der Waals surface area contributed by atoms with Gasteiger partial charge in [0.2, 0.25) is 9.84 Å². The maximum absolute atomic E-state index is 12.1. The highest BCUT2D eigenvalue weighted by molar-refractivity contribution is 7.91. The van der Waals surface area contributed by atoms with E-state index in [-0.39, 0.29) is 9.79 Å². The van der Waals surface area contributed by atoms with Gasteiger partial charge in [-0.05, 0) is 24.3 Å². The van der Waals surface area contributed by atoms with E-state index < -0.39 is 21.3 Å².